The number of esters is 1. The van der Waals surface area contributed by atoms with Gasteiger partial charge in [0.05, 0.1) is 5.56 Å². The maximum Gasteiger partial charge on any atom is 0.339 e. The number of rotatable bonds is 1. The van der Waals surface area contributed by atoms with Crippen molar-refractivity contribution in [3.63, 3.8) is 0 Å². The monoisotopic (exact) mass is 347 g/mol. The Morgan fingerprint density at radius 2 is 1.96 bits per heavy atom. The molecule has 1 spiro atoms. The molecular weight excluding hydrogens is 330 g/mol. The molecule has 1 saturated heterocycles. The van der Waals surface area contributed by atoms with Crippen molar-refractivity contribution >= 4 is 22.9 Å². The second kappa shape index (κ2) is 5.42. The number of nitrogens with zero attached hydrogens (tertiary/aromatic N) is 2. The summed E-state index contributed by atoms with van der Waals surface area (Å²) in [5.74, 6) is -0.308. The van der Waals surface area contributed by atoms with Crippen molar-refractivity contribution in [3.8, 4) is 0 Å². The summed E-state index contributed by atoms with van der Waals surface area (Å²) in [6, 6.07) is 13.2. The maximum absolute atomic E-state index is 12.8. The van der Waals surface area contributed by atoms with Crippen LogP contribution < -0.4 is 0 Å². The van der Waals surface area contributed by atoms with Gasteiger partial charge in [-0.15, -0.1) is 0 Å². The predicted octanol–water partition coefficient (Wildman–Crippen LogP) is 2.86. The number of pyridine rings is 1. The number of aromatic nitrogens is 2. The third-order valence-corrected chi connectivity index (χ3v) is 5.41. The first-order valence-corrected chi connectivity index (χ1v) is 8.72. The van der Waals surface area contributed by atoms with Crippen molar-refractivity contribution in [2.75, 3.05) is 13.1 Å². The van der Waals surface area contributed by atoms with Crippen LogP contribution in [0.3, 0.4) is 0 Å². The molecule has 130 valence electrons. The van der Waals surface area contributed by atoms with Gasteiger partial charge in [0.25, 0.3) is 5.91 Å². The van der Waals surface area contributed by atoms with Crippen molar-refractivity contribution in [3.05, 3.63) is 65.5 Å². The average molecular weight is 347 g/mol. The molecule has 0 bridgehead atoms. The first-order valence-electron chi connectivity index (χ1n) is 8.72. The Hall–Kier alpha value is -3.15. The van der Waals surface area contributed by atoms with Crippen LogP contribution in [-0.2, 0) is 10.3 Å². The Balaban J connectivity index is 1.37. The lowest BCUT2D eigenvalue weighted by Gasteiger charge is -2.38. The van der Waals surface area contributed by atoms with E-state index >= 15 is 0 Å². The van der Waals surface area contributed by atoms with E-state index in [1.807, 2.05) is 41.3 Å². The summed E-state index contributed by atoms with van der Waals surface area (Å²) < 4.78 is 5.75. The van der Waals surface area contributed by atoms with Crippen LogP contribution in [0, 0.1) is 0 Å². The molecule has 0 saturated carbocycles. The lowest BCUT2D eigenvalue weighted by Crippen LogP contribution is -2.45. The van der Waals surface area contributed by atoms with E-state index in [0.717, 1.165) is 10.9 Å². The fourth-order valence-corrected chi connectivity index (χ4v) is 4.03. The number of amides is 1. The zero-order valence-corrected chi connectivity index (χ0v) is 14.1. The maximum atomic E-state index is 12.8. The highest BCUT2D eigenvalue weighted by molar-refractivity contribution is 5.97. The van der Waals surface area contributed by atoms with E-state index in [4.69, 9.17) is 4.74 Å². The van der Waals surface area contributed by atoms with Crippen LogP contribution >= 0.6 is 0 Å². The lowest BCUT2D eigenvalue weighted by atomic mass is 9.83. The Kier molecular flexibility index (Phi) is 3.16. The van der Waals surface area contributed by atoms with E-state index in [1.54, 1.807) is 12.3 Å². The second-order valence-corrected chi connectivity index (χ2v) is 6.85. The summed E-state index contributed by atoms with van der Waals surface area (Å²) in [7, 11) is 0. The number of piperidine rings is 1. The van der Waals surface area contributed by atoms with Crippen LogP contribution in [0.2, 0.25) is 0 Å². The molecule has 0 atom stereocenters. The van der Waals surface area contributed by atoms with Crippen molar-refractivity contribution in [1.29, 1.82) is 0 Å². The molecule has 3 aromatic rings. The summed E-state index contributed by atoms with van der Waals surface area (Å²) >= 11 is 0. The van der Waals surface area contributed by atoms with Crippen LogP contribution in [-0.4, -0.2) is 39.8 Å². The third-order valence-electron chi connectivity index (χ3n) is 5.41. The Morgan fingerprint density at radius 1 is 1.15 bits per heavy atom. The average Bonchev–Trinajstić information content (AvgIpc) is 3.22. The van der Waals surface area contributed by atoms with E-state index in [0.29, 0.717) is 42.8 Å². The van der Waals surface area contributed by atoms with Crippen molar-refractivity contribution in [2.24, 2.45) is 0 Å². The minimum atomic E-state index is -0.591. The quantitative estimate of drug-likeness (QED) is 0.687. The van der Waals surface area contributed by atoms with Gasteiger partial charge in [-0.25, -0.2) is 9.78 Å². The molecule has 0 radical (unpaired) electrons. The molecule has 2 aromatic heterocycles. The number of hydrogen-bond donors (Lipinski definition) is 1. The van der Waals surface area contributed by atoms with E-state index in [-0.39, 0.29) is 11.9 Å². The highest BCUT2D eigenvalue weighted by atomic mass is 16.6. The highest BCUT2D eigenvalue weighted by Gasteiger charge is 2.47. The van der Waals surface area contributed by atoms with Gasteiger partial charge in [-0.3, -0.25) is 4.79 Å². The smallest absolute Gasteiger partial charge is 0.339 e. The number of ether oxygens (including phenoxy) is 1. The molecular formula is C20H17N3O3. The molecule has 4 heterocycles. The fourth-order valence-electron chi connectivity index (χ4n) is 4.03. The van der Waals surface area contributed by atoms with Crippen LogP contribution in [0.15, 0.2) is 48.7 Å². The van der Waals surface area contributed by atoms with Crippen molar-refractivity contribution < 1.29 is 14.3 Å². The van der Waals surface area contributed by atoms with Crippen LogP contribution in [0.1, 0.15) is 39.3 Å². The van der Waals surface area contributed by atoms with E-state index in [9.17, 15) is 9.59 Å². The van der Waals surface area contributed by atoms with Gasteiger partial charge in [0.15, 0.2) is 0 Å². The number of fused-ring (bicyclic) bond motifs is 3. The van der Waals surface area contributed by atoms with Gasteiger partial charge in [0.1, 0.15) is 16.9 Å². The van der Waals surface area contributed by atoms with Gasteiger partial charge in [0, 0.05) is 43.1 Å². The topological polar surface area (TPSA) is 75.3 Å². The SMILES string of the molecule is O=C1OC2(CCN(C(=O)c3cc4cccnc4[nH]3)CC2)c2ccccc21. The van der Waals surface area contributed by atoms with Crippen LogP contribution in [0.25, 0.3) is 11.0 Å². The molecule has 1 amide bonds. The van der Waals surface area contributed by atoms with E-state index in [1.165, 1.54) is 0 Å². The van der Waals surface area contributed by atoms with Gasteiger partial charge in [0.2, 0.25) is 0 Å². The summed E-state index contributed by atoms with van der Waals surface area (Å²) in [4.78, 5) is 34.1. The number of carbonyl (C=O) groups is 2. The molecule has 2 aliphatic heterocycles. The van der Waals surface area contributed by atoms with Crippen LogP contribution in [0.5, 0.6) is 0 Å². The normalized spacial score (nSPS) is 18.2. The predicted molar refractivity (Wildman–Crippen MR) is 94.8 cm³/mol. The first-order chi connectivity index (χ1) is 12.7. The number of aromatic amines is 1. The minimum absolute atomic E-state index is 0.0459. The molecule has 2 aliphatic rings. The van der Waals surface area contributed by atoms with Crippen LogP contribution in [0.4, 0.5) is 0 Å². The van der Waals surface area contributed by atoms with Crippen molar-refractivity contribution in [1.82, 2.24) is 14.9 Å². The Morgan fingerprint density at radius 3 is 2.77 bits per heavy atom. The molecule has 5 rings (SSSR count). The summed E-state index contributed by atoms with van der Waals surface area (Å²) in [5, 5.41) is 0.919. The van der Waals surface area contributed by atoms with Crippen molar-refractivity contribution in [2.45, 2.75) is 18.4 Å². The highest BCUT2D eigenvalue weighted by Crippen LogP contribution is 2.44. The van der Waals surface area contributed by atoms with Gasteiger partial charge >= 0.3 is 5.97 Å². The number of nitrogens with one attached hydrogen (secondary N) is 1. The number of hydrogen-bond acceptors (Lipinski definition) is 4. The Labute approximate surface area is 149 Å². The first kappa shape index (κ1) is 15.1. The standard InChI is InChI=1S/C20H17N3O3/c24-18(16-12-13-4-3-9-21-17(13)22-16)23-10-7-20(8-11-23)15-6-2-1-5-14(15)19(25)26-20/h1-6,9,12H,7-8,10-11H2,(H,21,22). The molecule has 0 unspecified atom stereocenters. The summed E-state index contributed by atoms with van der Waals surface area (Å²) in [5.41, 5.74) is 2.26. The number of carbonyl (C=O) groups excluding carboxylic acids is 2. The number of benzene rings is 1. The van der Waals surface area contributed by atoms with E-state index in [2.05, 4.69) is 9.97 Å². The fraction of sp³-hybridized carbons (Fsp3) is 0.250. The van der Waals surface area contributed by atoms with E-state index < -0.39 is 5.60 Å². The molecule has 6 heteroatoms. The van der Waals surface area contributed by atoms with Gasteiger partial charge in [-0.1, -0.05) is 18.2 Å². The molecule has 6 nitrogen and oxygen atoms in total. The Bertz CT molecular complexity index is 998. The van der Waals surface area contributed by atoms with Gasteiger partial charge < -0.3 is 14.6 Å². The van der Waals surface area contributed by atoms with Gasteiger partial charge in [-0.2, -0.15) is 0 Å². The molecule has 1 fully saturated rings. The number of H-pyrrole nitrogens is 1. The number of likely N-dealkylation sites (tertiary alicyclic amines) is 1. The zero-order valence-electron chi connectivity index (χ0n) is 14.1. The van der Waals surface area contributed by atoms with Gasteiger partial charge in [-0.05, 0) is 24.3 Å². The summed E-state index contributed by atoms with van der Waals surface area (Å²) in [6.07, 6.45) is 2.92. The summed E-state index contributed by atoms with van der Waals surface area (Å²) in [6.45, 7) is 1.09. The molecule has 0 aliphatic carbocycles. The third kappa shape index (κ3) is 2.15. The zero-order chi connectivity index (χ0) is 17.7. The molecule has 1 N–H and O–H groups in total. The largest absolute Gasteiger partial charge is 0.450 e. The molecule has 1 aromatic carbocycles. The molecule has 26 heavy (non-hydrogen) atoms. The second-order valence-electron chi connectivity index (χ2n) is 6.85. The lowest BCUT2D eigenvalue weighted by molar-refractivity contribution is -0.0390. The minimum Gasteiger partial charge on any atom is -0.450 e.